The standard InChI is InChI=1S/C13H13FO2/c14-11-6-5-9-3-1-2-4-10(9)13(11)8-7-12(15)16-13/h1-4,11H,5-8H2/t11-,13+/m1/s1. The van der Waals surface area contributed by atoms with E-state index < -0.39 is 11.8 Å². The number of hydrogen-bond acceptors (Lipinski definition) is 2. The Labute approximate surface area is 93.4 Å². The van der Waals surface area contributed by atoms with E-state index >= 15 is 0 Å². The summed E-state index contributed by atoms with van der Waals surface area (Å²) in [6.07, 6.45) is 0.925. The first-order valence-corrected chi connectivity index (χ1v) is 5.67. The molecule has 2 atom stereocenters. The number of esters is 1. The maximum atomic E-state index is 14.1. The fourth-order valence-corrected chi connectivity index (χ4v) is 2.84. The molecular formula is C13H13FO2. The third kappa shape index (κ3) is 1.20. The van der Waals surface area contributed by atoms with Crippen LogP contribution in [0.25, 0.3) is 0 Å². The van der Waals surface area contributed by atoms with Gasteiger partial charge in [0, 0.05) is 18.4 Å². The van der Waals surface area contributed by atoms with Crippen LogP contribution in [0, 0.1) is 0 Å². The van der Waals surface area contributed by atoms with Crippen LogP contribution < -0.4 is 0 Å². The van der Waals surface area contributed by atoms with E-state index in [-0.39, 0.29) is 5.97 Å². The molecule has 1 aliphatic heterocycles. The van der Waals surface area contributed by atoms with Gasteiger partial charge in [-0.3, -0.25) is 4.79 Å². The molecule has 3 rings (SSSR count). The first kappa shape index (κ1) is 9.82. The summed E-state index contributed by atoms with van der Waals surface area (Å²) in [5.74, 6) is -0.278. The molecule has 0 saturated carbocycles. The van der Waals surface area contributed by atoms with Gasteiger partial charge in [-0.15, -0.1) is 0 Å². The third-order valence-electron chi connectivity index (χ3n) is 3.64. The summed E-state index contributed by atoms with van der Waals surface area (Å²) < 4.78 is 19.4. The van der Waals surface area contributed by atoms with Gasteiger partial charge in [0.25, 0.3) is 0 Å². The lowest BCUT2D eigenvalue weighted by atomic mass is 9.76. The van der Waals surface area contributed by atoms with Crippen LogP contribution in [-0.2, 0) is 21.6 Å². The van der Waals surface area contributed by atoms with Crippen molar-refractivity contribution in [1.29, 1.82) is 0 Å². The van der Waals surface area contributed by atoms with E-state index in [4.69, 9.17) is 4.74 Å². The number of hydrogen-bond donors (Lipinski definition) is 0. The summed E-state index contributed by atoms with van der Waals surface area (Å²) in [7, 11) is 0. The molecule has 3 heteroatoms. The number of carbonyl (C=O) groups is 1. The van der Waals surface area contributed by atoms with Crippen LogP contribution in [0.5, 0.6) is 0 Å². The fraction of sp³-hybridized carbons (Fsp3) is 0.462. The molecule has 0 unspecified atom stereocenters. The minimum atomic E-state index is -1.06. The molecule has 1 heterocycles. The molecule has 1 saturated heterocycles. The summed E-state index contributed by atoms with van der Waals surface area (Å²) in [6, 6.07) is 7.71. The van der Waals surface area contributed by atoms with Gasteiger partial charge in [0.05, 0.1) is 0 Å². The zero-order chi connectivity index (χ0) is 11.2. The Bertz CT molecular complexity index is 443. The van der Waals surface area contributed by atoms with Gasteiger partial charge >= 0.3 is 5.97 Å². The highest BCUT2D eigenvalue weighted by atomic mass is 19.1. The van der Waals surface area contributed by atoms with Gasteiger partial charge in [-0.1, -0.05) is 24.3 Å². The minimum Gasteiger partial charge on any atom is -0.451 e. The highest BCUT2D eigenvalue weighted by Crippen LogP contribution is 2.47. The van der Waals surface area contributed by atoms with Crippen molar-refractivity contribution in [1.82, 2.24) is 0 Å². The highest BCUT2D eigenvalue weighted by molar-refractivity contribution is 5.73. The molecule has 1 aromatic rings. The van der Waals surface area contributed by atoms with Crippen LogP contribution in [0.3, 0.4) is 0 Å². The predicted molar refractivity (Wildman–Crippen MR) is 56.7 cm³/mol. The van der Waals surface area contributed by atoms with Crippen molar-refractivity contribution in [2.45, 2.75) is 37.5 Å². The fourth-order valence-electron chi connectivity index (χ4n) is 2.84. The molecule has 1 aliphatic carbocycles. The summed E-state index contributed by atoms with van der Waals surface area (Å²) in [4.78, 5) is 11.3. The van der Waals surface area contributed by atoms with Crippen LogP contribution >= 0.6 is 0 Å². The molecule has 0 bridgehead atoms. The zero-order valence-corrected chi connectivity index (χ0v) is 8.91. The first-order valence-electron chi connectivity index (χ1n) is 5.67. The normalized spacial score (nSPS) is 32.6. The molecular weight excluding hydrogens is 207 g/mol. The van der Waals surface area contributed by atoms with E-state index in [1.165, 1.54) is 0 Å². The monoisotopic (exact) mass is 220 g/mol. The molecule has 1 fully saturated rings. The number of aryl methyl sites for hydroxylation is 1. The van der Waals surface area contributed by atoms with Crippen molar-refractivity contribution in [3.8, 4) is 0 Å². The number of alkyl halides is 1. The smallest absolute Gasteiger partial charge is 0.306 e. The topological polar surface area (TPSA) is 26.3 Å². The predicted octanol–water partition coefficient (Wildman–Crippen LogP) is 2.50. The Morgan fingerprint density at radius 2 is 2.12 bits per heavy atom. The maximum Gasteiger partial charge on any atom is 0.306 e. The lowest BCUT2D eigenvalue weighted by Crippen LogP contribution is -2.40. The minimum absolute atomic E-state index is 0.278. The summed E-state index contributed by atoms with van der Waals surface area (Å²) in [6.45, 7) is 0. The summed E-state index contributed by atoms with van der Waals surface area (Å²) in [5, 5.41) is 0. The van der Waals surface area contributed by atoms with Crippen LogP contribution in [-0.4, -0.2) is 12.1 Å². The van der Waals surface area contributed by atoms with E-state index in [1.54, 1.807) is 0 Å². The first-order chi connectivity index (χ1) is 7.72. The molecule has 1 aromatic carbocycles. The van der Waals surface area contributed by atoms with Crippen LogP contribution in [0.15, 0.2) is 24.3 Å². The number of fused-ring (bicyclic) bond motifs is 2. The van der Waals surface area contributed by atoms with Gasteiger partial charge in [-0.2, -0.15) is 0 Å². The zero-order valence-electron chi connectivity index (χ0n) is 8.91. The SMILES string of the molecule is O=C1CC[C@]2(O1)c1ccccc1CC[C@H]2F. The molecule has 0 N–H and O–H groups in total. The number of rotatable bonds is 0. The number of ether oxygens (including phenoxy) is 1. The summed E-state index contributed by atoms with van der Waals surface area (Å²) in [5.41, 5.74) is 1.01. The van der Waals surface area contributed by atoms with Crippen LogP contribution in [0.1, 0.15) is 30.4 Å². The largest absolute Gasteiger partial charge is 0.451 e. The van der Waals surface area contributed by atoms with Crippen LogP contribution in [0.2, 0.25) is 0 Å². The molecule has 0 radical (unpaired) electrons. The van der Waals surface area contributed by atoms with Gasteiger partial charge in [-0.05, 0) is 18.4 Å². The Balaban J connectivity index is 2.13. The van der Waals surface area contributed by atoms with Crippen molar-refractivity contribution in [3.05, 3.63) is 35.4 Å². The second-order valence-corrected chi connectivity index (χ2v) is 4.53. The van der Waals surface area contributed by atoms with E-state index in [0.717, 1.165) is 17.5 Å². The average Bonchev–Trinajstić information content (AvgIpc) is 2.68. The van der Waals surface area contributed by atoms with Gasteiger partial charge < -0.3 is 4.74 Å². The van der Waals surface area contributed by atoms with Crippen molar-refractivity contribution in [2.75, 3.05) is 0 Å². The molecule has 84 valence electrons. The third-order valence-corrected chi connectivity index (χ3v) is 3.64. The highest BCUT2D eigenvalue weighted by Gasteiger charge is 2.51. The van der Waals surface area contributed by atoms with E-state index in [2.05, 4.69) is 0 Å². The second kappa shape index (κ2) is 3.30. The Kier molecular flexibility index (Phi) is 2.03. The van der Waals surface area contributed by atoms with Gasteiger partial charge in [0.2, 0.25) is 0 Å². The van der Waals surface area contributed by atoms with Crippen molar-refractivity contribution in [3.63, 3.8) is 0 Å². The van der Waals surface area contributed by atoms with E-state index in [1.807, 2.05) is 24.3 Å². The second-order valence-electron chi connectivity index (χ2n) is 4.53. The Morgan fingerprint density at radius 1 is 1.31 bits per heavy atom. The van der Waals surface area contributed by atoms with Crippen molar-refractivity contribution < 1.29 is 13.9 Å². The quantitative estimate of drug-likeness (QED) is 0.628. The van der Waals surface area contributed by atoms with E-state index in [9.17, 15) is 9.18 Å². The lowest BCUT2D eigenvalue weighted by molar-refractivity contribution is -0.156. The number of carbonyl (C=O) groups excluding carboxylic acids is 1. The molecule has 0 aromatic heterocycles. The molecule has 0 amide bonds. The van der Waals surface area contributed by atoms with E-state index in [0.29, 0.717) is 19.3 Å². The molecule has 2 nitrogen and oxygen atoms in total. The van der Waals surface area contributed by atoms with Gasteiger partial charge in [0.15, 0.2) is 5.60 Å². The Morgan fingerprint density at radius 3 is 2.88 bits per heavy atom. The van der Waals surface area contributed by atoms with Gasteiger partial charge in [-0.25, -0.2) is 4.39 Å². The molecule has 1 spiro atoms. The lowest BCUT2D eigenvalue weighted by Gasteiger charge is -2.37. The number of halogens is 1. The van der Waals surface area contributed by atoms with Crippen molar-refractivity contribution in [2.24, 2.45) is 0 Å². The molecule has 2 aliphatic rings. The summed E-state index contributed by atoms with van der Waals surface area (Å²) >= 11 is 0. The van der Waals surface area contributed by atoms with Crippen molar-refractivity contribution >= 4 is 5.97 Å². The van der Waals surface area contributed by atoms with Crippen LogP contribution in [0.4, 0.5) is 4.39 Å². The average molecular weight is 220 g/mol. The number of benzene rings is 1. The molecule has 16 heavy (non-hydrogen) atoms. The maximum absolute atomic E-state index is 14.1. The Hall–Kier alpha value is -1.38. The van der Waals surface area contributed by atoms with Gasteiger partial charge in [0.1, 0.15) is 6.17 Å².